The zero-order chi connectivity index (χ0) is 16.9. The molecule has 0 aliphatic rings. The molecule has 0 saturated carbocycles. The highest BCUT2D eigenvalue weighted by Crippen LogP contribution is 2.16. The summed E-state index contributed by atoms with van der Waals surface area (Å²) in [5, 5.41) is 10.7. The number of carbonyl (C=O) groups is 1. The van der Waals surface area contributed by atoms with E-state index in [2.05, 4.69) is 53.6 Å². The number of amides is 1. The van der Waals surface area contributed by atoms with Gasteiger partial charge >= 0.3 is 0 Å². The summed E-state index contributed by atoms with van der Waals surface area (Å²) >= 11 is 0. The van der Waals surface area contributed by atoms with Gasteiger partial charge in [0.15, 0.2) is 0 Å². The summed E-state index contributed by atoms with van der Waals surface area (Å²) in [4.78, 5) is 12.3. The highest BCUT2D eigenvalue weighted by Gasteiger charge is 2.10. The molecule has 0 fully saturated rings. The van der Waals surface area contributed by atoms with Gasteiger partial charge in [-0.05, 0) is 42.0 Å². The average molecular weight is 321 g/mol. The lowest BCUT2D eigenvalue weighted by atomic mass is 10.0. The second kappa shape index (κ2) is 7.30. The SMILES string of the molecule is CC(C)c1ccc(CCCNC(=O)c2cccc3[nH]ncc23)cc1. The second-order valence-electron chi connectivity index (χ2n) is 6.39. The van der Waals surface area contributed by atoms with Crippen LogP contribution in [-0.4, -0.2) is 22.6 Å². The Balaban J connectivity index is 1.51. The molecule has 0 saturated heterocycles. The number of benzene rings is 2. The third kappa shape index (κ3) is 3.65. The molecule has 3 rings (SSSR count). The molecule has 24 heavy (non-hydrogen) atoms. The highest BCUT2D eigenvalue weighted by molar-refractivity contribution is 6.05. The van der Waals surface area contributed by atoms with Crippen molar-refractivity contribution in [3.05, 3.63) is 65.4 Å². The number of aromatic amines is 1. The molecular formula is C20H23N3O. The van der Waals surface area contributed by atoms with E-state index in [4.69, 9.17) is 0 Å². The minimum absolute atomic E-state index is 0.0443. The van der Waals surface area contributed by atoms with E-state index in [9.17, 15) is 4.79 Å². The molecule has 3 aromatic rings. The van der Waals surface area contributed by atoms with Gasteiger partial charge in [-0.1, -0.05) is 44.2 Å². The van der Waals surface area contributed by atoms with Gasteiger partial charge in [-0.15, -0.1) is 0 Å². The van der Waals surface area contributed by atoms with Crippen molar-refractivity contribution >= 4 is 16.8 Å². The number of hydrogen-bond donors (Lipinski definition) is 2. The van der Waals surface area contributed by atoms with E-state index in [1.54, 1.807) is 6.20 Å². The molecule has 0 aliphatic heterocycles. The molecule has 4 heteroatoms. The molecule has 2 N–H and O–H groups in total. The Labute approximate surface area is 142 Å². The Bertz CT molecular complexity index is 818. The highest BCUT2D eigenvalue weighted by atomic mass is 16.1. The van der Waals surface area contributed by atoms with E-state index in [0.717, 1.165) is 23.7 Å². The van der Waals surface area contributed by atoms with Crippen LogP contribution >= 0.6 is 0 Å². The monoisotopic (exact) mass is 321 g/mol. The Kier molecular flexibility index (Phi) is 4.94. The first-order valence-corrected chi connectivity index (χ1v) is 8.44. The summed E-state index contributed by atoms with van der Waals surface area (Å²) in [6.07, 6.45) is 3.59. The molecule has 0 unspecified atom stereocenters. The van der Waals surface area contributed by atoms with Crippen LogP contribution in [0.4, 0.5) is 0 Å². The van der Waals surface area contributed by atoms with Crippen LogP contribution in [0, 0.1) is 0 Å². The lowest BCUT2D eigenvalue weighted by molar-refractivity contribution is 0.0955. The van der Waals surface area contributed by atoms with E-state index in [-0.39, 0.29) is 5.91 Å². The van der Waals surface area contributed by atoms with E-state index in [1.807, 2.05) is 18.2 Å². The second-order valence-corrected chi connectivity index (χ2v) is 6.39. The van der Waals surface area contributed by atoms with Crippen molar-refractivity contribution in [2.45, 2.75) is 32.6 Å². The zero-order valence-electron chi connectivity index (χ0n) is 14.2. The lowest BCUT2D eigenvalue weighted by Crippen LogP contribution is -2.24. The van der Waals surface area contributed by atoms with Crippen LogP contribution in [0.15, 0.2) is 48.7 Å². The Morgan fingerprint density at radius 2 is 1.96 bits per heavy atom. The number of hydrogen-bond acceptors (Lipinski definition) is 2. The summed E-state index contributed by atoms with van der Waals surface area (Å²) in [5.74, 6) is 0.515. The largest absolute Gasteiger partial charge is 0.352 e. The minimum Gasteiger partial charge on any atom is -0.352 e. The van der Waals surface area contributed by atoms with E-state index in [0.29, 0.717) is 18.0 Å². The number of fused-ring (bicyclic) bond motifs is 1. The van der Waals surface area contributed by atoms with Gasteiger partial charge in [0, 0.05) is 11.9 Å². The predicted molar refractivity (Wildman–Crippen MR) is 97.3 cm³/mol. The molecule has 4 nitrogen and oxygen atoms in total. The molecule has 0 aliphatic carbocycles. The van der Waals surface area contributed by atoms with Crippen LogP contribution in [0.5, 0.6) is 0 Å². The van der Waals surface area contributed by atoms with E-state index < -0.39 is 0 Å². The first-order valence-electron chi connectivity index (χ1n) is 8.44. The topological polar surface area (TPSA) is 57.8 Å². The third-order valence-corrected chi connectivity index (χ3v) is 4.30. The number of aromatic nitrogens is 2. The molecule has 0 atom stereocenters. The van der Waals surface area contributed by atoms with Crippen LogP contribution in [0.25, 0.3) is 10.9 Å². The first-order chi connectivity index (χ1) is 11.6. The quantitative estimate of drug-likeness (QED) is 0.673. The van der Waals surface area contributed by atoms with Gasteiger partial charge in [0.1, 0.15) is 0 Å². The van der Waals surface area contributed by atoms with Gasteiger partial charge in [-0.2, -0.15) is 5.10 Å². The predicted octanol–water partition coefficient (Wildman–Crippen LogP) is 4.05. The smallest absolute Gasteiger partial charge is 0.252 e. The number of nitrogens with one attached hydrogen (secondary N) is 2. The number of carbonyl (C=O) groups excluding carboxylic acids is 1. The molecule has 1 heterocycles. The molecule has 1 aromatic heterocycles. The number of nitrogens with zero attached hydrogens (tertiary/aromatic N) is 1. The molecule has 124 valence electrons. The number of aryl methyl sites for hydroxylation is 1. The Morgan fingerprint density at radius 3 is 2.71 bits per heavy atom. The zero-order valence-corrected chi connectivity index (χ0v) is 14.2. The molecule has 0 spiro atoms. The van der Waals surface area contributed by atoms with Crippen molar-refractivity contribution < 1.29 is 4.79 Å². The van der Waals surface area contributed by atoms with Gasteiger partial charge < -0.3 is 5.32 Å². The average Bonchev–Trinajstić information content (AvgIpc) is 3.07. The van der Waals surface area contributed by atoms with Crippen molar-refractivity contribution in [3.63, 3.8) is 0 Å². The molecule has 0 bridgehead atoms. The Hall–Kier alpha value is -2.62. The maximum Gasteiger partial charge on any atom is 0.252 e. The standard InChI is InChI=1S/C20H23N3O/c1-14(2)16-10-8-15(9-11-16)5-4-12-21-20(24)17-6-3-7-19-18(17)13-22-23-19/h3,6-11,13-14H,4-5,12H2,1-2H3,(H,21,24)(H,22,23). The van der Waals surface area contributed by atoms with Crippen molar-refractivity contribution in [1.29, 1.82) is 0 Å². The van der Waals surface area contributed by atoms with Crippen LogP contribution in [0.2, 0.25) is 0 Å². The fraction of sp³-hybridized carbons (Fsp3) is 0.300. The summed E-state index contributed by atoms with van der Waals surface area (Å²) in [6, 6.07) is 14.4. The van der Waals surface area contributed by atoms with Gasteiger partial charge in [0.25, 0.3) is 5.91 Å². The summed E-state index contributed by atoms with van der Waals surface area (Å²) in [5.41, 5.74) is 4.22. The summed E-state index contributed by atoms with van der Waals surface area (Å²) < 4.78 is 0. The van der Waals surface area contributed by atoms with Crippen LogP contribution < -0.4 is 5.32 Å². The van der Waals surface area contributed by atoms with Crippen LogP contribution in [-0.2, 0) is 6.42 Å². The normalized spacial score (nSPS) is 11.1. The number of rotatable bonds is 6. The van der Waals surface area contributed by atoms with Gasteiger partial charge in [-0.25, -0.2) is 0 Å². The molecule has 0 radical (unpaired) electrons. The maximum absolute atomic E-state index is 12.3. The minimum atomic E-state index is -0.0443. The van der Waals surface area contributed by atoms with Gasteiger partial charge in [0.2, 0.25) is 0 Å². The van der Waals surface area contributed by atoms with Crippen molar-refractivity contribution in [2.24, 2.45) is 0 Å². The van der Waals surface area contributed by atoms with Gasteiger partial charge in [-0.3, -0.25) is 9.89 Å². The van der Waals surface area contributed by atoms with Gasteiger partial charge in [0.05, 0.1) is 17.3 Å². The lowest BCUT2D eigenvalue weighted by Gasteiger charge is -2.08. The molecule has 1 amide bonds. The van der Waals surface area contributed by atoms with Crippen molar-refractivity contribution in [2.75, 3.05) is 6.54 Å². The first kappa shape index (κ1) is 16.2. The maximum atomic E-state index is 12.3. The van der Waals surface area contributed by atoms with E-state index >= 15 is 0 Å². The third-order valence-electron chi connectivity index (χ3n) is 4.30. The van der Waals surface area contributed by atoms with Crippen LogP contribution in [0.3, 0.4) is 0 Å². The Morgan fingerprint density at radius 1 is 1.17 bits per heavy atom. The fourth-order valence-electron chi connectivity index (χ4n) is 2.83. The molecular weight excluding hydrogens is 298 g/mol. The van der Waals surface area contributed by atoms with Crippen molar-refractivity contribution in [3.8, 4) is 0 Å². The fourth-order valence-corrected chi connectivity index (χ4v) is 2.83. The van der Waals surface area contributed by atoms with E-state index in [1.165, 1.54) is 11.1 Å². The summed E-state index contributed by atoms with van der Waals surface area (Å²) in [7, 11) is 0. The van der Waals surface area contributed by atoms with Crippen LogP contribution in [0.1, 0.15) is 47.7 Å². The summed E-state index contributed by atoms with van der Waals surface area (Å²) in [6.45, 7) is 5.06. The number of H-pyrrole nitrogens is 1. The van der Waals surface area contributed by atoms with Crippen molar-refractivity contribution in [1.82, 2.24) is 15.5 Å². The molecule has 2 aromatic carbocycles.